The summed E-state index contributed by atoms with van der Waals surface area (Å²) in [6.45, 7) is 14.8. The highest BCUT2D eigenvalue weighted by Crippen LogP contribution is 2.43. The molecule has 7 N–H and O–H groups in total. The fourth-order valence-corrected chi connectivity index (χ4v) is 7.59. The molecule has 3 saturated heterocycles. The van der Waals surface area contributed by atoms with Crippen molar-refractivity contribution in [2.75, 3.05) is 18.5 Å². The first-order chi connectivity index (χ1) is 29.7. The van der Waals surface area contributed by atoms with Crippen LogP contribution in [0.4, 0.5) is 0 Å². The fraction of sp³-hybridized carbons (Fsp3) is 0.705. The number of rotatable bonds is 22. The van der Waals surface area contributed by atoms with Gasteiger partial charge in [-0.1, -0.05) is 66.9 Å². The molecule has 0 aromatic rings. The van der Waals surface area contributed by atoms with Crippen molar-refractivity contribution in [3.63, 3.8) is 0 Å². The van der Waals surface area contributed by atoms with E-state index in [1.54, 1.807) is 26.8 Å². The average molecular weight is 954 g/mol. The van der Waals surface area contributed by atoms with Crippen LogP contribution in [0.1, 0.15) is 107 Å². The molecule has 0 radical (unpaired) electrons. The number of aliphatic hydroxyl groups excluding tert-OH is 1. The van der Waals surface area contributed by atoms with Crippen LogP contribution >= 0.6 is 15.9 Å². The van der Waals surface area contributed by atoms with E-state index in [0.29, 0.717) is 26.0 Å². The molecule has 0 bridgehead atoms. The van der Waals surface area contributed by atoms with E-state index in [2.05, 4.69) is 55.0 Å². The lowest BCUT2D eigenvalue weighted by Crippen LogP contribution is -2.56. The second kappa shape index (κ2) is 26.0. The van der Waals surface area contributed by atoms with Gasteiger partial charge in [-0.05, 0) is 71.3 Å². The number of alkyl halides is 1. The molecule has 0 unspecified atom stereocenters. The lowest BCUT2D eigenvalue weighted by molar-refractivity contribution is -0.147. The number of ether oxygens (including phenoxy) is 4. The van der Waals surface area contributed by atoms with Crippen LogP contribution in [0.5, 0.6) is 0 Å². The van der Waals surface area contributed by atoms with Gasteiger partial charge in [-0.25, -0.2) is 0 Å². The Morgan fingerprint density at radius 2 is 1.62 bits per heavy atom. The second-order valence-corrected chi connectivity index (χ2v) is 17.8. The molecule has 3 rings (SSSR count). The predicted octanol–water partition coefficient (Wildman–Crippen LogP) is 2.23. The van der Waals surface area contributed by atoms with E-state index in [1.807, 2.05) is 26.0 Å². The zero-order chi connectivity index (χ0) is 46.9. The molecule has 1 spiro atoms. The van der Waals surface area contributed by atoms with Crippen LogP contribution in [0.3, 0.4) is 0 Å². The summed E-state index contributed by atoms with van der Waals surface area (Å²) in [5.74, 6) is -2.99. The van der Waals surface area contributed by atoms with Gasteiger partial charge in [0.2, 0.25) is 29.5 Å². The molecule has 18 nitrogen and oxygen atoms in total. The molecule has 0 aromatic heterocycles. The number of hydrogen-bond acceptors (Lipinski definition) is 12. The number of hydrogen-bond donors (Lipinski definition) is 7. The van der Waals surface area contributed by atoms with Gasteiger partial charge < -0.3 is 45.3 Å². The molecule has 3 aliphatic rings. The summed E-state index contributed by atoms with van der Waals surface area (Å²) in [7, 11) is 0. The molecule has 0 aliphatic carbocycles. The Morgan fingerprint density at radius 3 is 2.27 bits per heavy atom. The van der Waals surface area contributed by atoms with E-state index in [1.165, 1.54) is 26.0 Å². The molecular formula is C44H69BrN6O12. The van der Waals surface area contributed by atoms with Crippen LogP contribution in [0.15, 0.2) is 36.0 Å². The van der Waals surface area contributed by atoms with Crippen molar-refractivity contribution < 1.29 is 57.6 Å². The van der Waals surface area contributed by atoms with E-state index in [-0.39, 0.29) is 72.4 Å². The highest BCUT2D eigenvalue weighted by Gasteiger charge is 2.58. The number of nitrogens with one attached hydrogen (secondary N) is 6. The van der Waals surface area contributed by atoms with Gasteiger partial charge in [0.1, 0.15) is 36.0 Å². The van der Waals surface area contributed by atoms with Crippen molar-refractivity contribution in [1.82, 2.24) is 32.1 Å². The molecule has 11 atom stereocenters. The number of allylic oxidation sites excluding steroid dienone is 2. The zero-order valence-corrected chi connectivity index (χ0v) is 39.4. The van der Waals surface area contributed by atoms with E-state index in [4.69, 9.17) is 18.9 Å². The summed E-state index contributed by atoms with van der Waals surface area (Å²) >= 11 is 3.09. The first-order valence-corrected chi connectivity index (χ1v) is 23.0. The highest BCUT2D eigenvalue weighted by molar-refractivity contribution is 9.09. The maximum Gasteiger partial charge on any atom is 0.303 e. The zero-order valence-electron chi connectivity index (χ0n) is 37.8. The lowest BCUT2D eigenvalue weighted by atomic mass is 9.87. The van der Waals surface area contributed by atoms with Crippen LogP contribution in [0, 0.1) is 11.8 Å². The largest absolute Gasteiger partial charge is 0.459 e. The van der Waals surface area contributed by atoms with E-state index in [9.17, 15) is 38.7 Å². The number of amides is 6. The minimum Gasteiger partial charge on any atom is -0.459 e. The topological polar surface area (TPSA) is 252 Å². The number of epoxide rings is 1. The first-order valence-electron chi connectivity index (χ1n) is 21.9. The molecule has 0 aromatic carbocycles. The van der Waals surface area contributed by atoms with Crippen LogP contribution in [-0.2, 0) is 52.5 Å². The number of aliphatic hydroxyl groups is 1. The third-order valence-electron chi connectivity index (χ3n) is 11.2. The molecule has 6 amide bonds. The maximum atomic E-state index is 13.1. The smallest absolute Gasteiger partial charge is 0.303 e. The number of unbranched alkanes of at least 4 members (excludes halogenated alkanes) is 2. The Bertz CT molecular complexity index is 1690. The molecule has 3 heterocycles. The van der Waals surface area contributed by atoms with Gasteiger partial charge in [0, 0.05) is 32.4 Å². The van der Waals surface area contributed by atoms with E-state index in [0.717, 1.165) is 24.8 Å². The summed E-state index contributed by atoms with van der Waals surface area (Å²) in [5, 5.41) is 22.4. The van der Waals surface area contributed by atoms with Crippen molar-refractivity contribution in [3.8, 4) is 0 Å². The predicted molar refractivity (Wildman–Crippen MR) is 236 cm³/mol. The van der Waals surface area contributed by atoms with Crippen molar-refractivity contribution in [2.24, 2.45) is 11.8 Å². The summed E-state index contributed by atoms with van der Waals surface area (Å²) in [6, 6.07) is -2.11. The SMILES string of the molecule is CC(=O)O[C@@H](C)C=CC(=O)N[C@@H]1C[C@H](C)[C@H](CC=C(C)C=C[C@H]2O[C@H](CC(=O)NNC(=O)[C@H](C)NC(=O)[C@@H](NC(=O)CCCCCNC(=O)CBr)C(C)C)C[C@@]3(CO3)[C@@H]2O)O[C@@H]1C. The standard InChI is InChI=1S/C44H69BrN6O12/c1-25(2)40(49-36(53)12-10-9-11-19-46-39(56)23-45)43(59)47-29(6)42(58)51-50-38(55)21-32-22-44(24-60-44)41(57)35(63-32)17-14-26(3)13-16-34-27(4)20-33(30(7)62-34)48-37(54)18-15-28(5)61-31(8)52/h13-15,17-18,25,27-30,32-35,40-41,57H,9-12,16,19-24H2,1-8H3,(H,46,56)(H,47,59)(H,48,54)(H,49,53)(H,50,55)(H,51,58)/t27-,28-,29-,30+,32+,33+,34-,35+,40-,41+,44+/m0/s1. The Balaban J connectivity index is 1.43. The minimum absolute atomic E-state index is 0.0817. The van der Waals surface area contributed by atoms with Gasteiger partial charge in [0.25, 0.3) is 5.91 Å². The molecule has 354 valence electrons. The van der Waals surface area contributed by atoms with Crippen LogP contribution in [0.2, 0.25) is 0 Å². The average Bonchev–Trinajstić information content (AvgIpc) is 3.99. The first kappa shape index (κ1) is 53.2. The van der Waals surface area contributed by atoms with Gasteiger partial charge in [-0.15, -0.1) is 0 Å². The molecule has 3 fully saturated rings. The summed E-state index contributed by atoms with van der Waals surface area (Å²) < 4.78 is 23.1. The van der Waals surface area contributed by atoms with Crippen LogP contribution in [0.25, 0.3) is 0 Å². The maximum absolute atomic E-state index is 13.1. The number of esters is 1. The number of hydrazine groups is 1. The number of carbonyl (C=O) groups is 7. The van der Waals surface area contributed by atoms with Crippen molar-refractivity contribution >= 4 is 57.3 Å². The quantitative estimate of drug-likeness (QED) is 0.0157. The Labute approximate surface area is 379 Å². The van der Waals surface area contributed by atoms with Gasteiger partial charge >= 0.3 is 5.97 Å². The second-order valence-electron chi connectivity index (χ2n) is 17.2. The van der Waals surface area contributed by atoms with Gasteiger partial charge in [0.05, 0.1) is 42.7 Å². The van der Waals surface area contributed by atoms with E-state index < -0.39 is 65.8 Å². The van der Waals surface area contributed by atoms with Crippen molar-refractivity contribution in [3.05, 3.63) is 36.0 Å². The lowest BCUT2D eigenvalue weighted by Gasteiger charge is -2.39. The van der Waals surface area contributed by atoms with Crippen LogP contribution < -0.4 is 32.1 Å². The van der Waals surface area contributed by atoms with Gasteiger partial charge in [0.15, 0.2) is 0 Å². The van der Waals surface area contributed by atoms with Crippen LogP contribution in [-0.4, -0.2) is 125 Å². The van der Waals surface area contributed by atoms with Gasteiger partial charge in [-0.2, -0.15) is 0 Å². The normalized spacial score (nSPS) is 27.3. The molecule has 3 aliphatic heterocycles. The number of halogens is 1. The summed E-state index contributed by atoms with van der Waals surface area (Å²) in [4.78, 5) is 86.4. The third-order valence-corrected chi connectivity index (χ3v) is 11.7. The Hall–Kier alpha value is -4.17. The van der Waals surface area contributed by atoms with Gasteiger partial charge in [-0.3, -0.25) is 44.4 Å². The summed E-state index contributed by atoms with van der Waals surface area (Å²) in [5.41, 5.74) is 4.79. The monoisotopic (exact) mass is 952 g/mol. The van der Waals surface area contributed by atoms with E-state index >= 15 is 0 Å². The third kappa shape index (κ3) is 18.5. The molecule has 63 heavy (non-hydrogen) atoms. The van der Waals surface area contributed by atoms with Crippen molar-refractivity contribution in [1.29, 1.82) is 0 Å². The molecular weight excluding hydrogens is 884 g/mol. The number of carbonyl (C=O) groups excluding carboxylic acids is 7. The molecule has 19 heteroatoms. The molecule has 0 saturated carbocycles. The fourth-order valence-electron chi connectivity index (χ4n) is 7.40. The Kier molecular flexibility index (Phi) is 21.9. The Morgan fingerprint density at radius 1 is 0.905 bits per heavy atom. The highest BCUT2D eigenvalue weighted by atomic mass is 79.9. The summed E-state index contributed by atoms with van der Waals surface area (Å²) in [6.07, 6.45) is 9.08. The minimum atomic E-state index is -1.04. The van der Waals surface area contributed by atoms with Crippen molar-refractivity contribution in [2.45, 2.75) is 167 Å².